The van der Waals surface area contributed by atoms with Crippen LogP contribution in [-0.2, 0) is 14.2 Å². The molecule has 3 unspecified atom stereocenters. The Morgan fingerprint density at radius 2 is 2.08 bits per heavy atom. The molecule has 3 atom stereocenters. The van der Waals surface area contributed by atoms with Crippen molar-refractivity contribution in [2.75, 3.05) is 19.8 Å². The Morgan fingerprint density at radius 3 is 2.76 bits per heavy atom. The van der Waals surface area contributed by atoms with E-state index in [1.54, 1.807) is 0 Å². The third kappa shape index (κ3) is 4.53. The summed E-state index contributed by atoms with van der Waals surface area (Å²) in [6.07, 6.45) is 2.78. The summed E-state index contributed by atoms with van der Waals surface area (Å²) in [6.45, 7) is 7.40. The first kappa shape index (κ1) is 18.2. The average molecular weight is 347 g/mol. The lowest BCUT2D eigenvalue weighted by molar-refractivity contribution is -0.143. The van der Waals surface area contributed by atoms with Gasteiger partial charge < -0.3 is 19.1 Å². The van der Waals surface area contributed by atoms with E-state index in [9.17, 15) is 4.79 Å². The Balaban J connectivity index is 1.59. The van der Waals surface area contributed by atoms with E-state index < -0.39 is 5.79 Å². The molecule has 138 valence electrons. The third-order valence-corrected chi connectivity index (χ3v) is 5.15. The van der Waals surface area contributed by atoms with Gasteiger partial charge in [0.1, 0.15) is 12.7 Å². The highest BCUT2D eigenvalue weighted by atomic mass is 16.7. The van der Waals surface area contributed by atoms with Crippen LogP contribution in [0.15, 0.2) is 30.3 Å². The number of carbonyl (C=O) groups excluding carboxylic acids is 1. The van der Waals surface area contributed by atoms with Gasteiger partial charge in [0.05, 0.1) is 6.61 Å². The molecule has 0 bridgehead atoms. The van der Waals surface area contributed by atoms with Crippen LogP contribution in [0.4, 0.5) is 4.79 Å². The van der Waals surface area contributed by atoms with Gasteiger partial charge in [0.25, 0.3) is 0 Å². The fourth-order valence-electron chi connectivity index (χ4n) is 3.77. The Labute approximate surface area is 150 Å². The minimum Gasteiger partial charge on any atom is -0.447 e. The molecule has 0 aliphatic carbocycles. The van der Waals surface area contributed by atoms with Crippen molar-refractivity contribution in [2.45, 2.75) is 63.9 Å². The predicted molar refractivity (Wildman–Crippen MR) is 95.5 cm³/mol. The summed E-state index contributed by atoms with van der Waals surface area (Å²) in [5.74, 6) is -0.300. The van der Waals surface area contributed by atoms with Gasteiger partial charge >= 0.3 is 6.09 Å². The number of nitrogens with zero attached hydrogens (tertiary/aromatic N) is 1. The second kappa shape index (κ2) is 7.75. The van der Waals surface area contributed by atoms with Gasteiger partial charge in [-0.15, -0.1) is 0 Å². The third-order valence-electron chi connectivity index (χ3n) is 5.15. The SMILES string of the molecule is CC(c1ccccc1)C1CCCCN1C(=O)OCC1COC(C)(C)O1. The van der Waals surface area contributed by atoms with Gasteiger partial charge in [-0.2, -0.15) is 0 Å². The second-order valence-corrected chi connectivity index (χ2v) is 7.48. The minimum atomic E-state index is -0.591. The van der Waals surface area contributed by atoms with Gasteiger partial charge in [0.15, 0.2) is 5.79 Å². The summed E-state index contributed by atoms with van der Waals surface area (Å²) in [6, 6.07) is 10.6. The second-order valence-electron chi connectivity index (χ2n) is 7.48. The molecule has 0 aromatic heterocycles. The molecule has 1 aromatic rings. The molecule has 5 heteroatoms. The number of hydrogen-bond acceptors (Lipinski definition) is 4. The Bertz CT molecular complexity index is 574. The summed E-state index contributed by atoms with van der Waals surface area (Å²) < 4.78 is 16.8. The number of ether oxygens (including phenoxy) is 3. The van der Waals surface area contributed by atoms with Gasteiger partial charge in [-0.1, -0.05) is 37.3 Å². The molecule has 0 spiro atoms. The zero-order valence-corrected chi connectivity index (χ0v) is 15.4. The van der Waals surface area contributed by atoms with Crippen LogP contribution in [-0.4, -0.2) is 48.7 Å². The highest BCUT2D eigenvalue weighted by Crippen LogP contribution is 2.31. The molecule has 2 saturated heterocycles. The van der Waals surface area contributed by atoms with E-state index >= 15 is 0 Å². The molecule has 0 N–H and O–H groups in total. The molecule has 1 amide bonds. The van der Waals surface area contributed by atoms with Crippen molar-refractivity contribution >= 4 is 6.09 Å². The van der Waals surface area contributed by atoms with Gasteiger partial charge in [0.2, 0.25) is 0 Å². The highest BCUT2D eigenvalue weighted by molar-refractivity contribution is 5.68. The quantitative estimate of drug-likeness (QED) is 0.828. The van der Waals surface area contributed by atoms with E-state index in [-0.39, 0.29) is 24.8 Å². The number of rotatable bonds is 4. The van der Waals surface area contributed by atoms with Crippen LogP contribution in [0, 0.1) is 0 Å². The summed E-state index contributed by atoms with van der Waals surface area (Å²) in [5, 5.41) is 0. The minimum absolute atomic E-state index is 0.181. The average Bonchev–Trinajstić information content (AvgIpc) is 2.98. The molecule has 2 fully saturated rings. The lowest BCUT2D eigenvalue weighted by Gasteiger charge is -2.38. The van der Waals surface area contributed by atoms with Crippen LogP contribution < -0.4 is 0 Å². The van der Waals surface area contributed by atoms with Crippen LogP contribution in [0.3, 0.4) is 0 Å². The normalized spacial score (nSPS) is 27.1. The van der Waals surface area contributed by atoms with Crippen molar-refractivity contribution in [3.8, 4) is 0 Å². The molecule has 3 rings (SSSR count). The van der Waals surface area contributed by atoms with E-state index in [2.05, 4.69) is 31.2 Å². The number of benzene rings is 1. The monoisotopic (exact) mass is 347 g/mol. The van der Waals surface area contributed by atoms with Crippen LogP contribution in [0.2, 0.25) is 0 Å². The van der Waals surface area contributed by atoms with Crippen molar-refractivity contribution in [1.29, 1.82) is 0 Å². The zero-order valence-electron chi connectivity index (χ0n) is 15.4. The Kier molecular flexibility index (Phi) is 5.64. The molecule has 5 nitrogen and oxygen atoms in total. The first-order chi connectivity index (χ1) is 12.0. The maximum atomic E-state index is 12.7. The van der Waals surface area contributed by atoms with Crippen molar-refractivity contribution < 1.29 is 19.0 Å². The number of amides is 1. The molecular weight excluding hydrogens is 318 g/mol. The fraction of sp³-hybridized carbons (Fsp3) is 0.650. The molecule has 2 aliphatic heterocycles. The van der Waals surface area contributed by atoms with Crippen molar-refractivity contribution in [1.82, 2.24) is 4.90 Å². The van der Waals surface area contributed by atoms with Crippen LogP contribution in [0.1, 0.15) is 51.5 Å². The summed E-state index contributed by atoms with van der Waals surface area (Å²) in [4.78, 5) is 14.6. The predicted octanol–water partition coefficient (Wildman–Crippen LogP) is 3.93. The van der Waals surface area contributed by atoms with E-state index in [4.69, 9.17) is 14.2 Å². The van der Waals surface area contributed by atoms with E-state index in [0.29, 0.717) is 12.5 Å². The zero-order chi connectivity index (χ0) is 17.9. The lowest BCUT2D eigenvalue weighted by atomic mass is 9.87. The Hall–Kier alpha value is -1.59. The largest absolute Gasteiger partial charge is 0.447 e. The van der Waals surface area contributed by atoms with Gasteiger partial charge in [-0.05, 0) is 38.7 Å². The van der Waals surface area contributed by atoms with Crippen molar-refractivity contribution in [2.24, 2.45) is 0 Å². The van der Waals surface area contributed by atoms with E-state index in [1.807, 2.05) is 24.8 Å². The van der Waals surface area contributed by atoms with Crippen LogP contribution >= 0.6 is 0 Å². The molecule has 25 heavy (non-hydrogen) atoms. The first-order valence-electron chi connectivity index (χ1n) is 9.26. The van der Waals surface area contributed by atoms with Gasteiger partial charge in [-0.3, -0.25) is 0 Å². The first-order valence-corrected chi connectivity index (χ1v) is 9.26. The number of hydrogen-bond donors (Lipinski definition) is 0. The topological polar surface area (TPSA) is 48.0 Å². The number of carbonyl (C=O) groups is 1. The van der Waals surface area contributed by atoms with Crippen LogP contribution in [0.5, 0.6) is 0 Å². The number of piperidine rings is 1. The van der Waals surface area contributed by atoms with Crippen LogP contribution in [0.25, 0.3) is 0 Å². The van der Waals surface area contributed by atoms with E-state index in [0.717, 1.165) is 25.8 Å². The fourth-order valence-corrected chi connectivity index (χ4v) is 3.77. The van der Waals surface area contributed by atoms with Crippen molar-refractivity contribution in [3.63, 3.8) is 0 Å². The molecule has 0 radical (unpaired) electrons. The van der Waals surface area contributed by atoms with Gasteiger partial charge in [-0.25, -0.2) is 4.79 Å². The molecular formula is C20H29NO4. The Morgan fingerprint density at radius 1 is 1.32 bits per heavy atom. The summed E-state index contributed by atoms with van der Waals surface area (Å²) in [7, 11) is 0. The molecule has 1 aromatic carbocycles. The standard InChI is InChI=1S/C20H29NO4/c1-15(16-9-5-4-6-10-16)18-11-7-8-12-21(18)19(22)23-13-17-14-24-20(2,3)25-17/h4-6,9-10,15,17-18H,7-8,11-14H2,1-3H3. The summed E-state index contributed by atoms with van der Waals surface area (Å²) in [5.41, 5.74) is 1.27. The van der Waals surface area contributed by atoms with Crippen molar-refractivity contribution in [3.05, 3.63) is 35.9 Å². The smallest absolute Gasteiger partial charge is 0.410 e. The maximum Gasteiger partial charge on any atom is 0.410 e. The van der Waals surface area contributed by atoms with Gasteiger partial charge in [0, 0.05) is 18.5 Å². The molecule has 0 saturated carbocycles. The molecule has 2 heterocycles. The summed E-state index contributed by atoms with van der Waals surface area (Å²) >= 11 is 0. The molecule has 2 aliphatic rings. The van der Waals surface area contributed by atoms with E-state index in [1.165, 1.54) is 5.56 Å². The lowest BCUT2D eigenvalue weighted by Crippen LogP contribution is -2.47. The highest BCUT2D eigenvalue weighted by Gasteiger charge is 2.36. The maximum absolute atomic E-state index is 12.7. The number of likely N-dealkylation sites (tertiary alicyclic amines) is 1.